The number of amides is 1. The molecular weight excluding hydrogens is 271 g/mol. The first kappa shape index (κ1) is 14.6. The summed E-state index contributed by atoms with van der Waals surface area (Å²) in [6.45, 7) is 1.55. The summed E-state index contributed by atoms with van der Waals surface area (Å²) in [7, 11) is 1.54. The van der Waals surface area contributed by atoms with E-state index in [0.29, 0.717) is 5.56 Å². The Labute approximate surface area is 107 Å². The topological polar surface area (TPSA) is 29.5 Å². The van der Waals surface area contributed by atoms with E-state index in [1.54, 1.807) is 7.05 Å². The molecular formula is C11H11ClF3NO2. The van der Waals surface area contributed by atoms with Crippen LogP contribution in [0.1, 0.15) is 12.5 Å². The average Bonchev–Trinajstić information content (AvgIpc) is 2.20. The van der Waals surface area contributed by atoms with Gasteiger partial charge in [-0.05, 0) is 17.7 Å². The van der Waals surface area contributed by atoms with Crippen molar-refractivity contribution in [3.63, 3.8) is 0 Å². The van der Waals surface area contributed by atoms with Gasteiger partial charge in [-0.3, -0.25) is 4.79 Å². The number of hydrogen-bond donors (Lipinski definition) is 0. The molecule has 1 aromatic carbocycles. The van der Waals surface area contributed by atoms with E-state index in [4.69, 9.17) is 11.6 Å². The highest BCUT2D eigenvalue weighted by atomic mass is 35.5. The Hall–Kier alpha value is -1.43. The van der Waals surface area contributed by atoms with Gasteiger partial charge in [0.2, 0.25) is 5.91 Å². The van der Waals surface area contributed by atoms with Crippen LogP contribution in [0.4, 0.5) is 13.2 Å². The van der Waals surface area contributed by atoms with Gasteiger partial charge in [0.25, 0.3) is 0 Å². The number of halogens is 4. The van der Waals surface area contributed by atoms with Gasteiger partial charge in [0.1, 0.15) is 5.75 Å². The summed E-state index contributed by atoms with van der Waals surface area (Å²) in [5, 5.41) is -0.137. The molecule has 0 radical (unpaired) electrons. The van der Waals surface area contributed by atoms with E-state index in [2.05, 4.69) is 4.74 Å². The standard InChI is InChI=1S/C11H11ClF3NO2/c1-7(17)16(2)6-8-3-4-9(12)10(5-8)18-11(13,14)15/h3-5H,6H2,1-2H3. The van der Waals surface area contributed by atoms with E-state index >= 15 is 0 Å². The second kappa shape index (κ2) is 5.48. The van der Waals surface area contributed by atoms with Crippen molar-refractivity contribution in [2.45, 2.75) is 19.8 Å². The van der Waals surface area contributed by atoms with Gasteiger partial charge < -0.3 is 9.64 Å². The van der Waals surface area contributed by atoms with Crippen LogP contribution >= 0.6 is 11.6 Å². The molecule has 0 aliphatic heterocycles. The van der Waals surface area contributed by atoms with Crippen LogP contribution in [0.15, 0.2) is 18.2 Å². The predicted octanol–water partition coefficient (Wildman–Crippen LogP) is 3.22. The van der Waals surface area contributed by atoms with Crippen molar-refractivity contribution in [2.75, 3.05) is 7.05 Å². The Balaban J connectivity index is 2.90. The summed E-state index contributed by atoms with van der Waals surface area (Å²) in [6.07, 6.45) is -4.80. The molecule has 1 aromatic rings. The lowest BCUT2D eigenvalue weighted by Crippen LogP contribution is -2.23. The van der Waals surface area contributed by atoms with E-state index in [0.717, 1.165) is 6.07 Å². The van der Waals surface area contributed by atoms with Gasteiger partial charge >= 0.3 is 6.36 Å². The van der Waals surface area contributed by atoms with Gasteiger partial charge in [-0.2, -0.15) is 0 Å². The van der Waals surface area contributed by atoms with Crippen LogP contribution in [0.3, 0.4) is 0 Å². The molecule has 0 spiro atoms. The molecule has 3 nitrogen and oxygen atoms in total. The minimum atomic E-state index is -4.80. The van der Waals surface area contributed by atoms with Gasteiger partial charge in [0.05, 0.1) is 5.02 Å². The third-order valence-electron chi connectivity index (χ3n) is 2.18. The average molecular weight is 282 g/mol. The van der Waals surface area contributed by atoms with Crippen LogP contribution < -0.4 is 4.74 Å². The molecule has 7 heteroatoms. The SMILES string of the molecule is CC(=O)N(C)Cc1ccc(Cl)c(OC(F)(F)F)c1. The van der Waals surface area contributed by atoms with Gasteiger partial charge in [-0.25, -0.2) is 0 Å². The molecule has 0 N–H and O–H groups in total. The van der Waals surface area contributed by atoms with Gasteiger partial charge in [-0.15, -0.1) is 13.2 Å². The van der Waals surface area contributed by atoms with E-state index in [-0.39, 0.29) is 17.5 Å². The molecule has 0 fully saturated rings. The Morgan fingerprint density at radius 2 is 2.06 bits per heavy atom. The number of nitrogens with zero attached hydrogens (tertiary/aromatic N) is 1. The molecule has 0 atom stereocenters. The molecule has 0 saturated carbocycles. The fraction of sp³-hybridized carbons (Fsp3) is 0.364. The highest BCUT2D eigenvalue weighted by Gasteiger charge is 2.32. The Kier molecular flexibility index (Phi) is 4.45. The predicted molar refractivity (Wildman–Crippen MR) is 60.3 cm³/mol. The number of carbonyl (C=O) groups excluding carboxylic acids is 1. The number of hydrogen-bond acceptors (Lipinski definition) is 2. The molecule has 0 aromatic heterocycles. The van der Waals surface area contributed by atoms with Gasteiger partial charge in [0.15, 0.2) is 0 Å². The van der Waals surface area contributed by atoms with Crippen molar-refractivity contribution in [3.05, 3.63) is 28.8 Å². The Morgan fingerprint density at radius 1 is 1.44 bits per heavy atom. The van der Waals surface area contributed by atoms with E-state index < -0.39 is 12.1 Å². The zero-order valence-corrected chi connectivity index (χ0v) is 10.5. The molecule has 1 rings (SSSR count). The van der Waals surface area contributed by atoms with Crippen molar-refractivity contribution < 1.29 is 22.7 Å². The summed E-state index contributed by atoms with van der Waals surface area (Å²) >= 11 is 5.60. The molecule has 0 bridgehead atoms. The first-order valence-electron chi connectivity index (χ1n) is 4.95. The zero-order valence-electron chi connectivity index (χ0n) is 9.71. The smallest absolute Gasteiger partial charge is 0.404 e. The normalized spacial score (nSPS) is 11.2. The molecule has 100 valence electrons. The fourth-order valence-corrected chi connectivity index (χ4v) is 1.39. The molecule has 0 saturated heterocycles. The number of carbonyl (C=O) groups is 1. The quantitative estimate of drug-likeness (QED) is 0.851. The van der Waals surface area contributed by atoms with Crippen LogP contribution in [0.2, 0.25) is 5.02 Å². The maximum Gasteiger partial charge on any atom is 0.573 e. The third-order valence-corrected chi connectivity index (χ3v) is 2.49. The summed E-state index contributed by atoms with van der Waals surface area (Å²) in [4.78, 5) is 12.4. The summed E-state index contributed by atoms with van der Waals surface area (Å²) in [5.41, 5.74) is 0.497. The lowest BCUT2D eigenvalue weighted by atomic mass is 10.2. The highest BCUT2D eigenvalue weighted by molar-refractivity contribution is 6.32. The van der Waals surface area contributed by atoms with E-state index in [9.17, 15) is 18.0 Å². The first-order valence-corrected chi connectivity index (χ1v) is 5.32. The van der Waals surface area contributed by atoms with Crippen LogP contribution in [0.25, 0.3) is 0 Å². The summed E-state index contributed by atoms with van der Waals surface area (Å²) < 4.78 is 40.1. The maximum atomic E-state index is 12.1. The van der Waals surface area contributed by atoms with Crippen molar-refractivity contribution >= 4 is 17.5 Å². The minimum Gasteiger partial charge on any atom is -0.404 e. The number of rotatable bonds is 3. The number of alkyl halides is 3. The Bertz CT molecular complexity index is 448. The lowest BCUT2D eigenvalue weighted by Gasteiger charge is -2.16. The van der Waals surface area contributed by atoms with Crippen LogP contribution in [-0.2, 0) is 11.3 Å². The van der Waals surface area contributed by atoms with Crippen LogP contribution in [-0.4, -0.2) is 24.2 Å². The zero-order chi connectivity index (χ0) is 13.9. The molecule has 0 unspecified atom stereocenters. The minimum absolute atomic E-state index is 0.137. The second-order valence-electron chi connectivity index (χ2n) is 3.69. The van der Waals surface area contributed by atoms with Crippen molar-refractivity contribution in [2.24, 2.45) is 0 Å². The largest absolute Gasteiger partial charge is 0.573 e. The first-order chi connectivity index (χ1) is 8.19. The van der Waals surface area contributed by atoms with Crippen molar-refractivity contribution in [1.29, 1.82) is 0 Å². The highest BCUT2D eigenvalue weighted by Crippen LogP contribution is 2.31. The number of ether oxygens (including phenoxy) is 1. The van der Waals surface area contributed by atoms with Gasteiger partial charge in [-0.1, -0.05) is 17.7 Å². The van der Waals surface area contributed by atoms with Crippen molar-refractivity contribution in [3.8, 4) is 5.75 Å². The van der Waals surface area contributed by atoms with Gasteiger partial charge in [0, 0.05) is 20.5 Å². The fourth-order valence-electron chi connectivity index (χ4n) is 1.23. The molecule has 0 heterocycles. The second-order valence-corrected chi connectivity index (χ2v) is 4.09. The monoisotopic (exact) mass is 281 g/mol. The van der Waals surface area contributed by atoms with Crippen molar-refractivity contribution in [1.82, 2.24) is 4.90 Å². The van der Waals surface area contributed by atoms with E-state index in [1.807, 2.05) is 0 Å². The third kappa shape index (κ3) is 4.44. The van der Waals surface area contributed by atoms with Crippen LogP contribution in [0, 0.1) is 0 Å². The molecule has 0 aliphatic carbocycles. The molecule has 1 amide bonds. The van der Waals surface area contributed by atoms with Crippen LogP contribution in [0.5, 0.6) is 5.75 Å². The summed E-state index contributed by atoms with van der Waals surface area (Å²) in [5.74, 6) is -0.665. The molecule has 18 heavy (non-hydrogen) atoms. The number of benzene rings is 1. The summed E-state index contributed by atoms with van der Waals surface area (Å²) in [6, 6.07) is 3.99. The lowest BCUT2D eigenvalue weighted by molar-refractivity contribution is -0.274. The maximum absolute atomic E-state index is 12.1. The molecule has 0 aliphatic rings. The van der Waals surface area contributed by atoms with E-state index in [1.165, 1.54) is 24.0 Å². The Morgan fingerprint density at radius 3 is 2.56 bits per heavy atom.